The van der Waals surface area contributed by atoms with Crippen molar-refractivity contribution in [3.8, 4) is 28.4 Å². The molecule has 0 aliphatic carbocycles. The van der Waals surface area contributed by atoms with Gasteiger partial charge in [-0.05, 0) is 119 Å². The molecule has 0 saturated heterocycles. The quantitative estimate of drug-likeness (QED) is 0.117. The normalized spacial score (nSPS) is 15.9. The minimum atomic E-state index is -1.30. The molecule has 62 heavy (non-hydrogen) atoms. The third-order valence-electron chi connectivity index (χ3n) is 11.1. The second kappa shape index (κ2) is 18.2. The number of carboxylic acids is 1. The summed E-state index contributed by atoms with van der Waals surface area (Å²) < 4.78 is 32.7. The number of ether oxygens (including phenoxy) is 3. The van der Waals surface area contributed by atoms with Gasteiger partial charge in [-0.1, -0.05) is 71.7 Å². The molecule has 0 bridgehead atoms. The maximum Gasteiger partial charge on any atom is 0.326 e. The number of aryl methyl sites for hydroxylation is 1. The molecule has 0 spiro atoms. The lowest BCUT2D eigenvalue weighted by molar-refractivity contribution is -0.142. The molecule has 5 aromatic carbocycles. The summed E-state index contributed by atoms with van der Waals surface area (Å²) in [7, 11) is 0. The fourth-order valence-electron chi connectivity index (χ4n) is 7.58. The highest BCUT2D eigenvalue weighted by Gasteiger charge is 2.38. The van der Waals surface area contributed by atoms with Crippen LogP contribution < -0.4 is 24.8 Å². The summed E-state index contributed by atoms with van der Waals surface area (Å²) in [5.41, 5.74) is 8.00. The van der Waals surface area contributed by atoms with E-state index >= 15 is 0 Å². The van der Waals surface area contributed by atoms with Gasteiger partial charge in [0.05, 0.1) is 10.0 Å². The number of aromatic nitrogens is 1. The average Bonchev–Trinajstić information content (AvgIpc) is 3.26. The van der Waals surface area contributed by atoms with E-state index in [1.165, 1.54) is 29.2 Å². The minimum absolute atomic E-state index is 0.00282. The van der Waals surface area contributed by atoms with Gasteiger partial charge >= 0.3 is 12.0 Å². The number of hydrogen-bond donors (Lipinski definition) is 3. The van der Waals surface area contributed by atoms with E-state index in [2.05, 4.69) is 15.6 Å². The highest BCUT2D eigenvalue weighted by Crippen LogP contribution is 2.41. The summed E-state index contributed by atoms with van der Waals surface area (Å²) in [6.45, 7) is 4.42. The van der Waals surface area contributed by atoms with Crippen molar-refractivity contribution in [3.05, 3.63) is 170 Å². The first-order chi connectivity index (χ1) is 29.9. The minimum Gasteiger partial charge on any atom is -0.489 e. The number of benzene rings is 5. The van der Waals surface area contributed by atoms with E-state index in [0.717, 1.165) is 39.1 Å². The van der Waals surface area contributed by atoms with Crippen molar-refractivity contribution in [2.24, 2.45) is 0 Å². The van der Waals surface area contributed by atoms with Gasteiger partial charge in [-0.2, -0.15) is 0 Å². The van der Waals surface area contributed by atoms with E-state index in [0.29, 0.717) is 45.0 Å². The summed E-state index contributed by atoms with van der Waals surface area (Å²) in [5, 5.41) is 16.6. The Morgan fingerprint density at radius 1 is 0.903 bits per heavy atom. The molecule has 11 nitrogen and oxygen atoms in total. The van der Waals surface area contributed by atoms with Crippen molar-refractivity contribution in [3.63, 3.8) is 0 Å². The van der Waals surface area contributed by atoms with Gasteiger partial charge in [0.1, 0.15) is 36.9 Å². The number of nitrogens with zero attached hydrogens (tertiary/aromatic N) is 2. The molecule has 0 fully saturated rings. The Labute approximate surface area is 367 Å². The molecule has 3 unspecified atom stereocenters. The lowest BCUT2D eigenvalue weighted by atomic mass is 9.92. The second-order valence-electron chi connectivity index (χ2n) is 15.2. The monoisotopic (exact) mass is 874 g/mol. The lowest BCUT2D eigenvalue weighted by Crippen LogP contribution is -2.56. The molecule has 8 rings (SSSR count). The van der Waals surface area contributed by atoms with E-state index in [9.17, 15) is 23.9 Å². The molecule has 3 atom stereocenters. The highest BCUT2D eigenvalue weighted by atomic mass is 35.5. The molecule has 6 aromatic rings. The van der Waals surface area contributed by atoms with E-state index in [-0.39, 0.29) is 31.7 Å². The number of aliphatic carboxylic acids is 1. The average molecular weight is 876 g/mol. The van der Waals surface area contributed by atoms with Crippen LogP contribution in [0.3, 0.4) is 0 Å². The number of anilines is 1. The van der Waals surface area contributed by atoms with Gasteiger partial charge in [-0.25, -0.2) is 14.0 Å². The summed E-state index contributed by atoms with van der Waals surface area (Å²) in [4.78, 5) is 46.3. The molecule has 3 heterocycles. The lowest BCUT2D eigenvalue weighted by Gasteiger charge is -2.37. The molecule has 316 valence electrons. The predicted octanol–water partition coefficient (Wildman–Crippen LogP) is 9.67. The standard InChI is InChI=1S/C48H41Cl2FN4O7/c1-27-28(2)52-17-16-38(27)31-9-6-29(7-10-31)19-41(47(57)58)54-46(56)42-20-33-21-43-44(22-34(33)24-55(42)48(59)53-36-5-3-4-35(51)23-36)62-45(26-61-43)32-11-13-37(14-12-32)60-25-30-8-15-39(49)40(50)18-30/h3-18,21-23,41-42,45H,19-20,24-26H2,1-2H3,(H,53,59)(H,54,56)(H,57,58). The molecular weight excluding hydrogens is 834 g/mol. The molecule has 1 aromatic heterocycles. The molecule has 0 saturated carbocycles. The Bertz CT molecular complexity index is 2660. The van der Waals surface area contributed by atoms with Crippen molar-refractivity contribution >= 4 is 46.8 Å². The van der Waals surface area contributed by atoms with Gasteiger partial charge in [-0.15, -0.1) is 0 Å². The van der Waals surface area contributed by atoms with Gasteiger partial charge in [0, 0.05) is 37.0 Å². The fraction of sp³-hybridized carbons (Fsp3) is 0.208. The predicted molar refractivity (Wildman–Crippen MR) is 233 cm³/mol. The Morgan fingerprint density at radius 2 is 1.66 bits per heavy atom. The van der Waals surface area contributed by atoms with Gasteiger partial charge in [0.15, 0.2) is 17.6 Å². The Morgan fingerprint density at radius 3 is 2.40 bits per heavy atom. The van der Waals surface area contributed by atoms with Crippen molar-refractivity contribution < 1.29 is 38.1 Å². The number of carboxylic acid groups (broad SMARTS) is 1. The second-order valence-corrected chi connectivity index (χ2v) is 16.1. The van der Waals surface area contributed by atoms with Gasteiger partial charge in [0.25, 0.3) is 0 Å². The molecule has 14 heteroatoms. The SMILES string of the molecule is Cc1nccc(-c2ccc(CC(NC(=O)C3Cc4cc5c(cc4CN3C(=O)Nc3cccc(F)c3)OC(c3ccc(OCc4ccc(Cl)c(Cl)c4)cc3)CO5)C(=O)O)cc2)c1C. The number of hydrogen-bond acceptors (Lipinski definition) is 7. The smallest absolute Gasteiger partial charge is 0.326 e. The van der Waals surface area contributed by atoms with Crippen LogP contribution >= 0.6 is 23.2 Å². The maximum atomic E-state index is 14.2. The summed E-state index contributed by atoms with van der Waals surface area (Å²) in [5.74, 6) is -0.849. The Kier molecular flexibility index (Phi) is 12.3. The van der Waals surface area contributed by atoms with Crippen LogP contribution in [0.2, 0.25) is 10.0 Å². The van der Waals surface area contributed by atoms with Crippen molar-refractivity contribution in [2.45, 2.75) is 58.0 Å². The van der Waals surface area contributed by atoms with Crippen molar-refractivity contribution in [1.82, 2.24) is 15.2 Å². The summed E-state index contributed by atoms with van der Waals surface area (Å²) in [6, 6.07) is 28.2. The Balaban J connectivity index is 0.986. The van der Waals surface area contributed by atoms with Gasteiger partial charge in [0.2, 0.25) is 5.91 Å². The number of urea groups is 1. The third kappa shape index (κ3) is 9.46. The van der Waals surface area contributed by atoms with E-state index in [4.69, 9.17) is 37.4 Å². The molecule has 3 N–H and O–H groups in total. The summed E-state index contributed by atoms with van der Waals surface area (Å²) in [6.07, 6.45) is 1.35. The topological polar surface area (TPSA) is 139 Å². The van der Waals surface area contributed by atoms with E-state index < -0.39 is 41.9 Å². The van der Waals surface area contributed by atoms with E-state index in [1.807, 2.05) is 74.5 Å². The van der Waals surface area contributed by atoms with E-state index in [1.54, 1.807) is 30.5 Å². The van der Waals surface area contributed by atoms with Crippen LogP contribution in [0.15, 0.2) is 115 Å². The summed E-state index contributed by atoms with van der Waals surface area (Å²) >= 11 is 12.2. The largest absolute Gasteiger partial charge is 0.489 e. The number of fused-ring (bicyclic) bond motifs is 2. The number of amides is 3. The number of halogens is 3. The van der Waals surface area contributed by atoms with Crippen molar-refractivity contribution in [2.75, 3.05) is 11.9 Å². The van der Waals surface area contributed by atoms with Crippen LogP contribution in [0, 0.1) is 19.7 Å². The first-order valence-electron chi connectivity index (χ1n) is 19.9. The zero-order valence-corrected chi connectivity index (χ0v) is 35.2. The zero-order chi connectivity index (χ0) is 43.5. The van der Waals surface area contributed by atoms with Gasteiger partial charge < -0.3 is 34.9 Å². The highest BCUT2D eigenvalue weighted by molar-refractivity contribution is 6.42. The fourth-order valence-corrected chi connectivity index (χ4v) is 7.90. The molecule has 3 amide bonds. The number of rotatable bonds is 11. The van der Waals surface area contributed by atoms with Crippen LogP contribution in [0.1, 0.15) is 45.2 Å². The molecule has 2 aliphatic heterocycles. The number of carbonyl (C=O) groups excluding carboxylic acids is 2. The van der Waals surface area contributed by atoms with Crippen LogP contribution in [0.25, 0.3) is 11.1 Å². The van der Waals surface area contributed by atoms with Crippen LogP contribution in [-0.4, -0.2) is 51.6 Å². The van der Waals surface area contributed by atoms with Crippen molar-refractivity contribution in [1.29, 1.82) is 0 Å². The molecule has 2 aliphatic rings. The number of pyridine rings is 1. The third-order valence-corrected chi connectivity index (χ3v) is 11.9. The van der Waals surface area contributed by atoms with Gasteiger partial charge in [-0.3, -0.25) is 9.78 Å². The maximum absolute atomic E-state index is 14.2. The Hall–Kier alpha value is -6.63. The molecular formula is C48H41Cl2FN4O7. The van der Waals surface area contributed by atoms with Crippen LogP contribution in [0.5, 0.6) is 17.2 Å². The van der Waals surface area contributed by atoms with Crippen LogP contribution in [0.4, 0.5) is 14.9 Å². The number of carbonyl (C=O) groups is 3. The molecule has 0 radical (unpaired) electrons. The first-order valence-corrected chi connectivity index (χ1v) is 20.6. The first kappa shape index (κ1) is 42.1. The van der Waals surface area contributed by atoms with Crippen LogP contribution in [-0.2, 0) is 35.6 Å². The zero-order valence-electron chi connectivity index (χ0n) is 33.7. The number of nitrogens with one attached hydrogen (secondary N) is 2.